The fourth-order valence-corrected chi connectivity index (χ4v) is 9.20. The van der Waals surface area contributed by atoms with Crippen LogP contribution in [0.5, 0.6) is 0 Å². The molecule has 0 aromatic heterocycles. The molecule has 0 aliphatic heterocycles. The summed E-state index contributed by atoms with van der Waals surface area (Å²) in [5.74, 6) is 0.607. The van der Waals surface area contributed by atoms with Crippen LogP contribution in [0.4, 0.5) is 22.7 Å². The Hall–Kier alpha value is -7.94. The first kappa shape index (κ1) is 40.2. The van der Waals surface area contributed by atoms with Crippen LogP contribution in [-0.2, 0) is 6.54 Å². The van der Waals surface area contributed by atoms with Crippen molar-refractivity contribution in [1.29, 1.82) is 0 Å². The summed E-state index contributed by atoms with van der Waals surface area (Å²) >= 11 is 0. The number of allylic oxidation sites excluding steroid dienone is 4. The van der Waals surface area contributed by atoms with Gasteiger partial charge in [0, 0.05) is 40.9 Å². The predicted octanol–water partition coefficient (Wildman–Crippen LogP) is 16.7. The summed E-state index contributed by atoms with van der Waals surface area (Å²) in [6.07, 6.45) is 6.82. The highest BCUT2D eigenvalue weighted by atomic mass is 15.2. The van der Waals surface area contributed by atoms with Crippen molar-refractivity contribution in [2.75, 3.05) is 9.80 Å². The van der Waals surface area contributed by atoms with E-state index in [0.717, 1.165) is 29.3 Å². The van der Waals surface area contributed by atoms with E-state index in [9.17, 15) is 0 Å². The minimum atomic E-state index is 0.240. The van der Waals surface area contributed by atoms with Gasteiger partial charge in [-0.25, -0.2) is 0 Å². The Labute approximate surface area is 378 Å². The molecule has 2 heteroatoms. The van der Waals surface area contributed by atoms with Gasteiger partial charge in [-0.2, -0.15) is 0 Å². The predicted molar refractivity (Wildman–Crippen MR) is 271 cm³/mol. The maximum absolute atomic E-state index is 2.43. The molecule has 9 aromatic rings. The molecule has 9 aromatic carbocycles. The van der Waals surface area contributed by atoms with Crippen molar-refractivity contribution in [1.82, 2.24) is 0 Å². The van der Waals surface area contributed by atoms with Gasteiger partial charge in [0.15, 0.2) is 0 Å². The molecule has 0 radical (unpaired) electrons. The zero-order chi connectivity index (χ0) is 43.1. The minimum absolute atomic E-state index is 0.240. The summed E-state index contributed by atoms with van der Waals surface area (Å²) in [6, 6.07) is 87.7. The number of anilines is 4. The zero-order valence-electron chi connectivity index (χ0n) is 36.1. The van der Waals surface area contributed by atoms with Crippen molar-refractivity contribution >= 4 is 22.7 Å². The smallest absolute Gasteiger partial charge is 0.0487 e. The monoisotopic (exact) mass is 822 g/mol. The lowest BCUT2D eigenvalue weighted by molar-refractivity contribution is 0.597. The SMILES string of the molecule is CC1C=CC=C(N(c2ccccc2)c2ccc(-c3ccc(-c4ccc(-c5ccc(N(Cc6ccccc6-c6ccccc6)c6ccccc6)cc5)cc4)cc3)cc2)C1c1ccccc1. The van der Waals surface area contributed by atoms with Crippen LogP contribution < -0.4 is 9.80 Å². The largest absolute Gasteiger partial charge is 0.337 e. The number of para-hydroxylation sites is 2. The molecule has 0 saturated carbocycles. The third-order valence-corrected chi connectivity index (χ3v) is 12.5. The van der Waals surface area contributed by atoms with E-state index in [2.05, 4.69) is 278 Å². The van der Waals surface area contributed by atoms with E-state index in [1.807, 2.05) is 0 Å². The summed E-state index contributed by atoms with van der Waals surface area (Å²) in [6.45, 7) is 3.07. The molecular formula is C62H50N2. The van der Waals surface area contributed by atoms with Gasteiger partial charge in [-0.05, 0) is 116 Å². The first-order valence-electron chi connectivity index (χ1n) is 22.3. The van der Waals surface area contributed by atoms with E-state index in [1.54, 1.807) is 0 Å². The fraction of sp³-hybridized carbons (Fsp3) is 0.0645. The van der Waals surface area contributed by atoms with E-state index in [4.69, 9.17) is 0 Å². The zero-order valence-corrected chi connectivity index (χ0v) is 36.1. The Morgan fingerprint density at radius 3 is 1.28 bits per heavy atom. The summed E-state index contributed by atoms with van der Waals surface area (Å²) in [5.41, 5.74) is 18.2. The summed E-state index contributed by atoms with van der Waals surface area (Å²) < 4.78 is 0. The van der Waals surface area contributed by atoms with Crippen LogP contribution in [0.25, 0.3) is 44.5 Å². The second kappa shape index (κ2) is 18.6. The molecule has 0 N–H and O–H groups in total. The molecule has 2 atom stereocenters. The molecule has 0 amide bonds. The Kier molecular flexibility index (Phi) is 11.7. The number of hydrogen-bond acceptors (Lipinski definition) is 2. The lowest BCUT2D eigenvalue weighted by atomic mass is 9.80. The standard InChI is InChI=1S/C62H50N2/c1-46-17-16-28-61(62(46)54-20-8-3-9-21-54)64(58-25-12-5-13-26-58)59-43-39-52(40-44-59)50-35-31-48(32-36-50)47-29-33-49(34-30-47)51-37-41-57(42-38-51)63(56-23-10-4-11-24-56)45-55-22-14-15-27-60(55)53-18-6-2-7-19-53/h2-44,46,62H,45H2,1H3. The Balaban J connectivity index is 0.858. The van der Waals surface area contributed by atoms with Gasteiger partial charge in [0.1, 0.15) is 0 Å². The highest BCUT2D eigenvalue weighted by molar-refractivity contribution is 5.78. The quantitative estimate of drug-likeness (QED) is 0.121. The maximum Gasteiger partial charge on any atom is 0.0487 e. The molecule has 2 nitrogen and oxygen atoms in total. The van der Waals surface area contributed by atoms with Crippen molar-refractivity contribution in [3.63, 3.8) is 0 Å². The summed E-state index contributed by atoms with van der Waals surface area (Å²) in [7, 11) is 0. The van der Waals surface area contributed by atoms with E-state index < -0.39 is 0 Å². The third-order valence-electron chi connectivity index (χ3n) is 12.5. The van der Waals surface area contributed by atoms with Crippen LogP contribution in [0.1, 0.15) is 24.0 Å². The summed E-state index contributed by atoms with van der Waals surface area (Å²) in [5, 5.41) is 0. The molecule has 308 valence electrons. The average molecular weight is 823 g/mol. The molecule has 0 spiro atoms. The van der Waals surface area contributed by atoms with Crippen LogP contribution >= 0.6 is 0 Å². The molecule has 0 heterocycles. The molecule has 1 aliphatic rings. The molecule has 0 fully saturated rings. The molecule has 64 heavy (non-hydrogen) atoms. The van der Waals surface area contributed by atoms with E-state index in [1.165, 1.54) is 61.3 Å². The van der Waals surface area contributed by atoms with Crippen molar-refractivity contribution in [2.45, 2.75) is 19.4 Å². The van der Waals surface area contributed by atoms with E-state index >= 15 is 0 Å². The van der Waals surface area contributed by atoms with Crippen LogP contribution in [0.2, 0.25) is 0 Å². The normalized spacial score (nSPS) is 14.4. The molecule has 1 aliphatic carbocycles. The lowest BCUT2D eigenvalue weighted by Crippen LogP contribution is -2.26. The fourth-order valence-electron chi connectivity index (χ4n) is 9.20. The van der Waals surface area contributed by atoms with Gasteiger partial charge in [0.25, 0.3) is 0 Å². The number of rotatable bonds is 12. The van der Waals surface area contributed by atoms with E-state index in [-0.39, 0.29) is 5.92 Å². The van der Waals surface area contributed by atoms with Gasteiger partial charge in [-0.1, -0.05) is 213 Å². The minimum Gasteiger partial charge on any atom is -0.337 e. The second-order valence-electron chi connectivity index (χ2n) is 16.6. The second-order valence-corrected chi connectivity index (χ2v) is 16.6. The van der Waals surface area contributed by atoms with Crippen molar-refractivity contribution in [2.24, 2.45) is 5.92 Å². The van der Waals surface area contributed by atoms with Gasteiger partial charge in [-0.3, -0.25) is 0 Å². The molecule has 2 unspecified atom stereocenters. The van der Waals surface area contributed by atoms with Gasteiger partial charge in [-0.15, -0.1) is 0 Å². The van der Waals surface area contributed by atoms with Crippen LogP contribution in [0.15, 0.2) is 267 Å². The van der Waals surface area contributed by atoms with Gasteiger partial charge < -0.3 is 9.80 Å². The Bertz CT molecular complexity index is 2970. The molecule has 0 bridgehead atoms. The summed E-state index contributed by atoms with van der Waals surface area (Å²) in [4.78, 5) is 4.83. The molecular weight excluding hydrogens is 773 g/mol. The van der Waals surface area contributed by atoms with Gasteiger partial charge in [0.2, 0.25) is 0 Å². The van der Waals surface area contributed by atoms with E-state index in [0.29, 0.717) is 5.92 Å². The van der Waals surface area contributed by atoms with Crippen LogP contribution in [0.3, 0.4) is 0 Å². The lowest BCUT2D eigenvalue weighted by Gasteiger charge is -2.36. The Morgan fingerprint density at radius 1 is 0.359 bits per heavy atom. The molecule has 0 saturated heterocycles. The Morgan fingerprint density at radius 2 is 0.750 bits per heavy atom. The number of hydrogen-bond donors (Lipinski definition) is 0. The number of nitrogens with zero attached hydrogens (tertiary/aromatic N) is 2. The van der Waals surface area contributed by atoms with Crippen LogP contribution in [-0.4, -0.2) is 0 Å². The van der Waals surface area contributed by atoms with Gasteiger partial charge in [0.05, 0.1) is 0 Å². The number of benzene rings is 9. The van der Waals surface area contributed by atoms with Crippen molar-refractivity contribution in [3.05, 3.63) is 278 Å². The highest BCUT2D eigenvalue weighted by Crippen LogP contribution is 2.43. The molecule has 10 rings (SSSR count). The van der Waals surface area contributed by atoms with Crippen molar-refractivity contribution < 1.29 is 0 Å². The first-order valence-corrected chi connectivity index (χ1v) is 22.3. The first-order chi connectivity index (χ1) is 31.7. The third kappa shape index (κ3) is 8.60. The maximum atomic E-state index is 2.43. The average Bonchev–Trinajstić information content (AvgIpc) is 3.37. The van der Waals surface area contributed by atoms with Crippen LogP contribution in [0, 0.1) is 5.92 Å². The van der Waals surface area contributed by atoms with Gasteiger partial charge >= 0.3 is 0 Å². The topological polar surface area (TPSA) is 6.48 Å². The highest BCUT2D eigenvalue weighted by Gasteiger charge is 2.29. The van der Waals surface area contributed by atoms with Crippen molar-refractivity contribution in [3.8, 4) is 44.5 Å².